The van der Waals surface area contributed by atoms with E-state index < -0.39 is 0 Å². The van der Waals surface area contributed by atoms with Crippen molar-refractivity contribution in [3.05, 3.63) is 0 Å². The van der Waals surface area contributed by atoms with Gasteiger partial charge in [-0.15, -0.1) is 0 Å². The second kappa shape index (κ2) is 6.39. The lowest BCUT2D eigenvalue weighted by atomic mass is 9.79. The molecule has 94 valence electrons. The van der Waals surface area contributed by atoms with E-state index in [1.54, 1.807) is 6.92 Å². The zero-order valence-electron chi connectivity index (χ0n) is 11.3. The van der Waals surface area contributed by atoms with Gasteiger partial charge in [-0.05, 0) is 38.8 Å². The number of likely N-dealkylation sites (N-methyl/N-ethyl adjacent to an activating group) is 1. The molecule has 0 amide bonds. The minimum atomic E-state index is 0.197. The average molecular weight is 225 g/mol. The van der Waals surface area contributed by atoms with Gasteiger partial charge in [-0.3, -0.25) is 9.69 Å². The molecule has 0 aliphatic carbocycles. The molecule has 16 heavy (non-hydrogen) atoms. The van der Waals surface area contributed by atoms with Gasteiger partial charge in [0.2, 0.25) is 0 Å². The molecule has 0 N–H and O–H groups in total. The van der Waals surface area contributed by atoms with Crippen LogP contribution in [0.1, 0.15) is 52.9 Å². The number of hydrogen-bond donors (Lipinski definition) is 0. The molecule has 0 aromatic carbocycles. The summed E-state index contributed by atoms with van der Waals surface area (Å²) in [5.41, 5.74) is 0. The molecular weight excluding hydrogens is 198 g/mol. The van der Waals surface area contributed by atoms with Crippen molar-refractivity contribution in [2.24, 2.45) is 11.8 Å². The first-order valence-corrected chi connectivity index (χ1v) is 6.82. The van der Waals surface area contributed by atoms with Crippen molar-refractivity contribution in [3.8, 4) is 0 Å². The molecule has 0 saturated carbocycles. The van der Waals surface area contributed by atoms with Gasteiger partial charge in [-0.1, -0.05) is 39.5 Å². The van der Waals surface area contributed by atoms with Gasteiger partial charge in [-0.25, -0.2) is 0 Å². The van der Waals surface area contributed by atoms with Crippen LogP contribution in [0.3, 0.4) is 0 Å². The lowest BCUT2D eigenvalue weighted by Gasteiger charge is -2.29. The summed E-state index contributed by atoms with van der Waals surface area (Å²) >= 11 is 0. The Bertz CT molecular complexity index is 221. The normalized spacial score (nSPS) is 26.6. The molecule has 0 aromatic heterocycles. The van der Waals surface area contributed by atoms with E-state index >= 15 is 0 Å². The van der Waals surface area contributed by atoms with E-state index in [2.05, 4.69) is 25.8 Å². The molecule has 2 heteroatoms. The van der Waals surface area contributed by atoms with Crippen LogP contribution in [0.25, 0.3) is 0 Å². The van der Waals surface area contributed by atoms with Crippen LogP contribution in [0.5, 0.6) is 0 Å². The molecular formula is C14H27NO. The van der Waals surface area contributed by atoms with Crippen molar-refractivity contribution in [2.45, 2.75) is 58.9 Å². The minimum Gasteiger partial charge on any atom is -0.298 e. The first-order valence-electron chi connectivity index (χ1n) is 6.82. The molecule has 1 heterocycles. The molecule has 0 aromatic rings. The zero-order valence-corrected chi connectivity index (χ0v) is 11.3. The lowest BCUT2D eigenvalue weighted by molar-refractivity contribution is -0.122. The highest BCUT2D eigenvalue weighted by Gasteiger charge is 2.38. The van der Waals surface area contributed by atoms with Crippen LogP contribution in [0.4, 0.5) is 0 Å². The van der Waals surface area contributed by atoms with Crippen molar-refractivity contribution >= 4 is 5.78 Å². The number of hydrogen-bond acceptors (Lipinski definition) is 2. The van der Waals surface area contributed by atoms with Gasteiger partial charge in [0, 0.05) is 0 Å². The third-order valence-corrected chi connectivity index (χ3v) is 4.04. The zero-order chi connectivity index (χ0) is 12.1. The molecule has 1 fully saturated rings. The van der Waals surface area contributed by atoms with Crippen LogP contribution in [-0.2, 0) is 4.79 Å². The number of nitrogens with zero attached hydrogens (tertiary/aromatic N) is 1. The molecule has 1 rings (SSSR count). The fraction of sp³-hybridized carbons (Fsp3) is 0.929. The number of rotatable bonds is 6. The Hall–Kier alpha value is -0.370. The summed E-state index contributed by atoms with van der Waals surface area (Å²) in [6.07, 6.45) is 6.28. The first kappa shape index (κ1) is 13.7. The van der Waals surface area contributed by atoms with Crippen LogP contribution in [0.2, 0.25) is 0 Å². The SMILES string of the molecule is CCCC(CCC)C1CCN(C)C1C(C)=O. The Labute approximate surface area is 100 Å². The second-order valence-corrected chi connectivity index (χ2v) is 5.33. The van der Waals surface area contributed by atoms with Gasteiger partial charge in [0.1, 0.15) is 5.78 Å². The molecule has 1 aliphatic heterocycles. The number of Topliss-reactive ketones (excluding diaryl/α,β-unsaturated/α-hetero) is 1. The predicted octanol–water partition coefficient (Wildman–Crippen LogP) is 3.11. The Morgan fingerprint density at radius 2 is 1.88 bits per heavy atom. The minimum absolute atomic E-state index is 0.197. The maximum atomic E-state index is 11.7. The van der Waals surface area contributed by atoms with Gasteiger partial charge >= 0.3 is 0 Å². The predicted molar refractivity (Wildman–Crippen MR) is 68.5 cm³/mol. The summed E-state index contributed by atoms with van der Waals surface area (Å²) in [6.45, 7) is 7.36. The fourth-order valence-electron chi connectivity index (χ4n) is 3.40. The average Bonchev–Trinajstić information content (AvgIpc) is 2.60. The van der Waals surface area contributed by atoms with Crippen molar-refractivity contribution in [3.63, 3.8) is 0 Å². The highest BCUT2D eigenvalue weighted by Crippen LogP contribution is 2.35. The van der Waals surface area contributed by atoms with Crippen LogP contribution in [0, 0.1) is 11.8 Å². The van der Waals surface area contributed by atoms with Crippen molar-refractivity contribution < 1.29 is 4.79 Å². The number of carbonyl (C=O) groups excluding carboxylic acids is 1. The lowest BCUT2D eigenvalue weighted by Crippen LogP contribution is -2.38. The topological polar surface area (TPSA) is 20.3 Å². The largest absolute Gasteiger partial charge is 0.298 e. The first-order chi connectivity index (χ1) is 7.61. The summed E-state index contributed by atoms with van der Waals surface area (Å²) in [5, 5.41) is 0. The number of likely N-dealkylation sites (tertiary alicyclic amines) is 1. The van der Waals surface area contributed by atoms with Crippen LogP contribution in [-0.4, -0.2) is 30.3 Å². The van der Waals surface area contributed by atoms with E-state index in [-0.39, 0.29) is 6.04 Å². The summed E-state index contributed by atoms with van der Waals surface area (Å²) in [7, 11) is 2.10. The summed E-state index contributed by atoms with van der Waals surface area (Å²) < 4.78 is 0. The smallest absolute Gasteiger partial charge is 0.147 e. The van der Waals surface area contributed by atoms with E-state index in [1.165, 1.54) is 32.1 Å². The molecule has 1 saturated heterocycles. The van der Waals surface area contributed by atoms with Gasteiger partial charge < -0.3 is 0 Å². The number of carbonyl (C=O) groups is 1. The summed E-state index contributed by atoms with van der Waals surface area (Å²) in [4.78, 5) is 14.0. The quantitative estimate of drug-likeness (QED) is 0.692. The summed E-state index contributed by atoms with van der Waals surface area (Å²) in [6, 6.07) is 0.197. The Balaban J connectivity index is 2.70. The molecule has 2 nitrogen and oxygen atoms in total. The standard InChI is InChI=1S/C14H27NO/c1-5-7-12(8-6-2)13-9-10-15(4)14(13)11(3)16/h12-14H,5-10H2,1-4H3. The van der Waals surface area contributed by atoms with Gasteiger partial charge in [0.25, 0.3) is 0 Å². The van der Waals surface area contributed by atoms with Gasteiger partial charge in [0.15, 0.2) is 0 Å². The highest BCUT2D eigenvalue weighted by atomic mass is 16.1. The Kier molecular flexibility index (Phi) is 5.47. The third-order valence-electron chi connectivity index (χ3n) is 4.04. The van der Waals surface area contributed by atoms with Crippen molar-refractivity contribution in [2.75, 3.05) is 13.6 Å². The molecule has 0 radical (unpaired) electrons. The van der Waals surface area contributed by atoms with Crippen LogP contribution in [0.15, 0.2) is 0 Å². The van der Waals surface area contributed by atoms with Crippen molar-refractivity contribution in [1.29, 1.82) is 0 Å². The van der Waals surface area contributed by atoms with E-state index in [1.807, 2.05) is 0 Å². The summed E-state index contributed by atoms with van der Waals surface area (Å²) in [5.74, 6) is 1.73. The fourth-order valence-corrected chi connectivity index (χ4v) is 3.40. The number of ketones is 1. The van der Waals surface area contributed by atoms with Crippen LogP contribution >= 0.6 is 0 Å². The maximum Gasteiger partial charge on any atom is 0.147 e. The second-order valence-electron chi connectivity index (χ2n) is 5.33. The Morgan fingerprint density at radius 3 is 2.31 bits per heavy atom. The van der Waals surface area contributed by atoms with E-state index in [0.717, 1.165) is 12.5 Å². The van der Waals surface area contributed by atoms with Crippen molar-refractivity contribution in [1.82, 2.24) is 4.90 Å². The van der Waals surface area contributed by atoms with Crippen LogP contribution < -0.4 is 0 Å². The molecule has 2 unspecified atom stereocenters. The van der Waals surface area contributed by atoms with Gasteiger partial charge in [0.05, 0.1) is 6.04 Å². The molecule has 0 spiro atoms. The van der Waals surface area contributed by atoms with E-state index in [4.69, 9.17) is 0 Å². The van der Waals surface area contributed by atoms with E-state index in [0.29, 0.717) is 11.7 Å². The molecule has 2 atom stereocenters. The molecule has 0 bridgehead atoms. The highest BCUT2D eigenvalue weighted by molar-refractivity contribution is 5.82. The monoisotopic (exact) mass is 225 g/mol. The van der Waals surface area contributed by atoms with Gasteiger partial charge in [-0.2, -0.15) is 0 Å². The Morgan fingerprint density at radius 1 is 1.31 bits per heavy atom. The third kappa shape index (κ3) is 3.07. The van der Waals surface area contributed by atoms with E-state index in [9.17, 15) is 4.79 Å². The molecule has 1 aliphatic rings. The maximum absolute atomic E-state index is 11.7.